The van der Waals surface area contributed by atoms with Gasteiger partial charge in [0.1, 0.15) is 11.5 Å². The number of aliphatic hydroxyl groups excluding tert-OH is 1. The molecule has 1 aromatic carbocycles. The number of hydrogen-bond donors (Lipinski definition) is 2. The Morgan fingerprint density at radius 2 is 2.23 bits per heavy atom. The lowest BCUT2D eigenvalue weighted by Crippen LogP contribution is -2.67. The van der Waals surface area contributed by atoms with Crippen molar-refractivity contribution in [2.75, 3.05) is 26.8 Å². The molecule has 2 amide bonds. The van der Waals surface area contributed by atoms with Crippen molar-refractivity contribution < 1.29 is 24.2 Å². The summed E-state index contributed by atoms with van der Waals surface area (Å²) in [6, 6.07) is 5.28. The van der Waals surface area contributed by atoms with Crippen molar-refractivity contribution in [2.45, 2.75) is 44.2 Å². The average molecular weight is 415 g/mol. The Hall–Kier alpha value is -2.28. The zero-order chi connectivity index (χ0) is 20.9. The molecule has 5 aliphatic rings. The highest BCUT2D eigenvalue weighted by Crippen LogP contribution is 2.53. The van der Waals surface area contributed by atoms with Crippen LogP contribution in [0.3, 0.4) is 0 Å². The number of likely N-dealkylation sites (tertiary alicyclic amines) is 1. The summed E-state index contributed by atoms with van der Waals surface area (Å²) in [5, 5.41) is 12.7. The van der Waals surface area contributed by atoms with Crippen LogP contribution in [0.25, 0.3) is 0 Å². The highest BCUT2D eigenvalue weighted by molar-refractivity contribution is 5.98. The first-order valence-electron chi connectivity index (χ1n) is 11.1. The monoisotopic (exact) mass is 414 g/mol. The average Bonchev–Trinajstić information content (AvgIpc) is 2.78. The predicted molar refractivity (Wildman–Crippen MR) is 109 cm³/mol. The molecule has 162 valence electrons. The smallest absolute Gasteiger partial charge is 0.258 e. The summed E-state index contributed by atoms with van der Waals surface area (Å²) in [6.45, 7) is 1.59. The molecule has 30 heavy (non-hydrogen) atoms. The molecule has 2 aliphatic heterocycles. The van der Waals surface area contributed by atoms with Gasteiger partial charge in [0.05, 0.1) is 12.7 Å². The minimum absolute atomic E-state index is 0.0148. The van der Waals surface area contributed by atoms with Crippen molar-refractivity contribution in [3.8, 4) is 11.5 Å². The number of methoxy groups -OCH3 is 1. The van der Waals surface area contributed by atoms with Gasteiger partial charge in [-0.3, -0.25) is 9.59 Å². The molecule has 1 saturated heterocycles. The van der Waals surface area contributed by atoms with Crippen molar-refractivity contribution in [3.05, 3.63) is 23.8 Å². The van der Waals surface area contributed by atoms with E-state index in [9.17, 15) is 14.7 Å². The summed E-state index contributed by atoms with van der Waals surface area (Å²) >= 11 is 0. The lowest BCUT2D eigenvalue weighted by atomic mass is 9.59. The number of rotatable bonds is 3. The Kier molecular flexibility index (Phi) is 4.88. The van der Waals surface area contributed by atoms with Gasteiger partial charge in [0.25, 0.3) is 5.91 Å². The number of aliphatic hydroxyl groups is 1. The van der Waals surface area contributed by atoms with Gasteiger partial charge in [-0.2, -0.15) is 0 Å². The van der Waals surface area contributed by atoms with E-state index in [2.05, 4.69) is 5.32 Å². The molecule has 1 spiro atoms. The van der Waals surface area contributed by atoms with Gasteiger partial charge in [-0.15, -0.1) is 0 Å². The van der Waals surface area contributed by atoms with Crippen LogP contribution in [-0.2, 0) is 4.79 Å². The minimum Gasteiger partial charge on any atom is -0.497 e. The van der Waals surface area contributed by atoms with Crippen LogP contribution >= 0.6 is 0 Å². The third-order valence-electron chi connectivity index (χ3n) is 7.67. The SMILES string of the molecule is COc1ccc2c(c1)O[C@@]1(C[C@@H]3CC[C@@H]1C[C@@H]3C(=O)N1CCC[C@H](CO)C1)NC2=O. The summed E-state index contributed by atoms with van der Waals surface area (Å²) in [7, 11) is 1.60. The van der Waals surface area contributed by atoms with E-state index in [-0.39, 0.29) is 42.1 Å². The highest BCUT2D eigenvalue weighted by Gasteiger charge is 2.57. The predicted octanol–water partition coefficient (Wildman–Crippen LogP) is 2.18. The zero-order valence-electron chi connectivity index (χ0n) is 17.4. The molecule has 2 heterocycles. The van der Waals surface area contributed by atoms with Gasteiger partial charge in [0.15, 0.2) is 5.72 Å². The van der Waals surface area contributed by atoms with Crippen molar-refractivity contribution in [2.24, 2.45) is 23.7 Å². The summed E-state index contributed by atoms with van der Waals surface area (Å²) in [4.78, 5) is 28.1. The van der Waals surface area contributed by atoms with E-state index >= 15 is 0 Å². The summed E-state index contributed by atoms with van der Waals surface area (Å²) in [5.74, 6) is 1.83. The normalized spacial score (nSPS) is 34.9. The standard InChI is InChI=1S/C23H30N2O5/c1-29-17-6-7-18-20(10-17)30-23(24-21(18)27)11-15-4-5-16(23)9-19(15)22(28)25-8-2-3-14(12-25)13-26/h6-7,10,14-16,19,26H,2-5,8-9,11-13H2,1H3,(H,24,27)/t14-,15-,16+,19-,23+/m0/s1. The van der Waals surface area contributed by atoms with Crippen LogP contribution in [0.2, 0.25) is 0 Å². The van der Waals surface area contributed by atoms with E-state index in [1.165, 1.54) is 0 Å². The van der Waals surface area contributed by atoms with Gasteiger partial charge < -0.3 is 24.8 Å². The third kappa shape index (κ3) is 3.14. The largest absolute Gasteiger partial charge is 0.497 e. The number of ether oxygens (including phenoxy) is 2. The molecule has 3 aliphatic carbocycles. The number of benzene rings is 1. The number of nitrogens with one attached hydrogen (secondary N) is 1. The Morgan fingerprint density at radius 1 is 1.37 bits per heavy atom. The maximum atomic E-state index is 13.3. The highest BCUT2D eigenvalue weighted by atomic mass is 16.5. The van der Waals surface area contributed by atoms with E-state index in [4.69, 9.17) is 9.47 Å². The van der Waals surface area contributed by atoms with Gasteiger partial charge in [-0.25, -0.2) is 0 Å². The van der Waals surface area contributed by atoms with Crippen LogP contribution in [0.15, 0.2) is 18.2 Å². The van der Waals surface area contributed by atoms with Crippen LogP contribution in [0.1, 0.15) is 48.9 Å². The number of fused-ring (bicyclic) bond motifs is 3. The molecule has 2 N–H and O–H groups in total. The van der Waals surface area contributed by atoms with E-state index in [0.29, 0.717) is 30.0 Å². The molecule has 0 aromatic heterocycles. The van der Waals surface area contributed by atoms with Gasteiger partial charge in [-0.1, -0.05) is 0 Å². The number of nitrogens with zero attached hydrogens (tertiary/aromatic N) is 1. The second-order valence-electron chi connectivity index (χ2n) is 9.36. The van der Waals surface area contributed by atoms with Crippen LogP contribution in [-0.4, -0.2) is 54.4 Å². The fourth-order valence-electron chi connectivity index (χ4n) is 6.07. The number of carbonyl (C=O) groups excluding carboxylic acids is 2. The van der Waals surface area contributed by atoms with Crippen molar-refractivity contribution in [1.29, 1.82) is 0 Å². The Balaban J connectivity index is 1.35. The molecule has 0 unspecified atom stereocenters. The van der Waals surface area contributed by atoms with Gasteiger partial charge in [0, 0.05) is 44.0 Å². The van der Waals surface area contributed by atoms with Crippen LogP contribution in [0.4, 0.5) is 0 Å². The van der Waals surface area contributed by atoms with Crippen LogP contribution < -0.4 is 14.8 Å². The molecule has 1 aromatic rings. The Labute approximate surface area is 176 Å². The van der Waals surface area contributed by atoms with Gasteiger partial charge >= 0.3 is 0 Å². The Bertz CT molecular complexity index is 858. The van der Waals surface area contributed by atoms with E-state index in [1.807, 2.05) is 4.90 Å². The molecule has 3 saturated carbocycles. The van der Waals surface area contributed by atoms with Crippen molar-refractivity contribution in [1.82, 2.24) is 10.2 Å². The molecule has 6 rings (SSSR count). The quantitative estimate of drug-likeness (QED) is 0.792. The summed E-state index contributed by atoms with van der Waals surface area (Å²) in [6.07, 6.45) is 5.29. The van der Waals surface area contributed by atoms with Gasteiger partial charge in [0.2, 0.25) is 5.91 Å². The molecule has 7 nitrogen and oxygen atoms in total. The molecule has 0 radical (unpaired) electrons. The second kappa shape index (κ2) is 7.45. The van der Waals surface area contributed by atoms with Gasteiger partial charge in [-0.05, 0) is 56.1 Å². The number of hydrogen-bond acceptors (Lipinski definition) is 5. The van der Waals surface area contributed by atoms with Crippen molar-refractivity contribution in [3.63, 3.8) is 0 Å². The first kappa shape index (κ1) is 19.7. The minimum atomic E-state index is -0.730. The first-order chi connectivity index (χ1) is 14.5. The summed E-state index contributed by atoms with van der Waals surface area (Å²) < 4.78 is 11.8. The van der Waals surface area contributed by atoms with E-state index in [1.54, 1.807) is 25.3 Å². The van der Waals surface area contributed by atoms with E-state index in [0.717, 1.165) is 38.6 Å². The maximum Gasteiger partial charge on any atom is 0.258 e. The van der Waals surface area contributed by atoms with Crippen molar-refractivity contribution >= 4 is 11.8 Å². The number of piperidine rings is 1. The molecular weight excluding hydrogens is 384 g/mol. The summed E-state index contributed by atoms with van der Waals surface area (Å²) in [5.41, 5.74) is -0.204. The topological polar surface area (TPSA) is 88.1 Å². The fourth-order valence-corrected chi connectivity index (χ4v) is 6.07. The fraction of sp³-hybridized carbons (Fsp3) is 0.652. The lowest BCUT2D eigenvalue weighted by Gasteiger charge is -2.55. The lowest BCUT2D eigenvalue weighted by molar-refractivity contribution is -0.157. The molecule has 4 fully saturated rings. The molecule has 5 atom stereocenters. The Morgan fingerprint density at radius 3 is 2.97 bits per heavy atom. The maximum absolute atomic E-state index is 13.3. The van der Waals surface area contributed by atoms with E-state index < -0.39 is 5.72 Å². The third-order valence-corrected chi connectivity index (χ3v) is 7.67. The number of carbonyl (C=O) groups is 2. The van der Waals surface area contributed by atoms with Crippen LogP contribution in [0, 0.1) is 23.7 Å². The zero-order valence-corrected chi connectivity index (χ0v) is 17.4. The molecular formula is C23H30N2O5. The number of amides is 2. The molecule has 2 bridgehead atoms. The first-order valence-corrected chi connectivity index (χ1v) is 11.1. The molecule has 7 heteroatoms. The van der Waals surface area contributed by atoms with Crippen LogP contribution in [0.5, 0.6) is 11.5 Å². The second-order valence-corrected chi connectivity index (χ2v) is 9.36.